The van der Waals surface area contributed by atoms with Crippen LogP contribution in [0.4, 0.5) is 0 Å². The van der Waals surface area contributed by atoms with E-state index in [9.17, 15) is 4.79 Å². The Labute approximate surface area is 125 Å². The fourth-order valence-electron chi connectivity index (χ4n) is 3.12. The molecule has 2 aliphatic heterocycles. The van der Waals surface area contributed by atoms with Gasteiger partial charge < -0.3 is 14.7 Å². The first-order valence-corrected chi connectivity index (χ1v) is 7.89. The van der Waals surface area contributed by atoms with Gasteiger partial charge in [0.1, 0.15) is 0 Å². The second kappa shape index (κ2) is 6.58. The van der Waals surface area contributed by atoms with Crippen molar-refractivity contribution in [3.8, 4) is 0 Å². The number of piperazine rings is 1. The maximum atomic E-state index is 12.4. The first-order chi connectivity index (χ1) is 10.2. The lowest BCUT2D eigenvalue weighted by Gasteiger charge is -2.36. The normalized spacial score (nSPS) is 24.2. The van der Waals surface area contributed by atoms with Crippen LogP contribution in [-0.4, -0.2) is 59.6 Å². The molecule has 1 aromatic rings. The summed E-state index contributed by atoms with van der Waals surface area (Å²) in [5.74, 6) is 1.19. The maximum absolute atomic E-state index is 12.4. The van der Waals surface area contributed by atoms with Crippen LogP contribution in [-0.2, 0) is 11.3 Å². The van der Waals surface area contributed by atoms with E-state index in [1.165, 1.54) is 6.42 Å². The molecule has 2 saturated heterocycles. The molecular formula is C15H24N4O2. The largest absolute Gasteiger partial charge is 0.360 e. The van der Waals surface area contributed by atoms with Gasteiger partial charge >= 0.3 is 0 Å². The SMILES string of the molecule is Cc1cc(CN2CCN(C(=O)[C@@H]3CCCCN3)CC2)on1. The Morgan fingerprint density at radius 1 is 1.38 bits per heavy atom. The van der Waals surface area contributed by atoms with Crippen molar-refractivity contribution < 1.29 is 9.32 Å². The molecule has 0 saturated carbocycles. The fraction of sp³-hybridized carbons (Fsp3) is 0.733. The second-order valence-electron chi connectivity index (χ2n) is 6.04. The van der Waals surface area contributed by atoms with Gasteiger partial charge in [-0.05, 0) is 26.3 Å². The summed E-state index contributed by atoms with van der Waals surface area (Å²) >= 11 is 0. The van der Waals surface area contributed by atoms with Crippen LogP contribution in [0.1, 0.15) is 30.7 Å². The first kappa shape index (κ1) is 14.5. The minimum absolute atomic E-state index is 0.0437. The van der Waals surface area contributed by atoms with Crippen molar-refractivity contribution in [1.29, 1.82) is 0 Å². The third-order valence-electron chi connectivity index (χ3n) is 4.35. The van der Waals surface area contributed by atoms with Crippen LogP contribution in [0.15, 0.2) is 10.6 Å². The van der Waals surface area contributed by atoms with Crippen molar-refractivity contribution >= 4 is 5.91 Å². The topological polar surface area (TPSA) is 61.6 Å². The summed E-state index contributed by atoms with van der Waals surface area (Å²) < 4.78 is 5.25. The van der Waals surface area contributed by atoms with Crippen molar-refractivity contribution in [1.82, 2.24) is 20.3 Å². The van der Waals surface area contributed by atoms with Gasteiger partial charge in [-0.1, -0.05) is 11.6 Å². The molecule has 1 amide bonds. The zero-order valence-corrected chi connectivity index (χ0v) is 12.7. The molecule has 2 fully saturated rings. The zero-order valence-electron chi connectivity index (χ0n) is 12.7. The highest BCUT2D eigenvalue weighted by atomic mass is 16.5. The molecule has 3 rings (SSSR count). The fourth-order valence-corrected chi connectivity index (χ4v) is 3.12. The van der Waals surface area contributed by atoms with Crippen molar-refractivity contribution in [3.63, 3.8) is 0 Å². The molecule has 0 bridgehead atoms. The Morgan fingerprint density at radius 2 is 2.19 bits per heavy atom. The van der Waals surface area contributed by atoms with E-state index in [0.717, 1.165) is 63.6 Å². The van der Waals surface area contributed by atoms with E-state index in [2.05, 4.69) is 15.4 Å². The lowest BCUT2D eigenvalue weighted by Crippen LogP contribution is -2.54. The number of hydrogen-bond acceptors (Lipinski definition) is 5. The van der Waals surface area contributed by atoms with Gasteiger partial charge in [0.2, 0.25) is 5.91 Å². The molecule has 6 heteroatoms. The number of piperidine rings is 1. The zero-order chi connectivity index (χ0) is 14.7. The molecule has 1 N–H and O–H groups in total. The Balaban J connectivity index is 1.47. The number of hydrogen-bond donors (Lipinski definition) is 1. The monoisotopic (exact) mass is 292 g/mol. The molecular weight excluding hydrogens is 268 g/mol. The Kier molecular flexibility index (Phi) is 4.55. The standard InChI is InChI=1S/C15H24N4O2/c1-12-10-13(21-17-12)11-18-6-8-19(9-7-18)15(20)14-4-2-3-5-16-14/h10,14,16H,2-9,11H2,1H3/t14-/m0/s1. The number of aromatic nitrogens is 1. The average Bonchev–Trinajstić information content (AvgIpc) is 2.93. The predicted molar refractivity (Wildman–Crippen MR) is 78.7 cm³/mol. The van der Waals surface area contributed by atoms with Crippen molar-refractivity contribution in [2.24, 2.45) is 0 Å². The van der Waals surface area contributed by atoms with Crippen LogP contribution in [0, 0.1) is 6.92 Å². The third-order valence-corrected chi connectivity index (χ3v) is 4.35. The Bertz CT molecular complexity index is 474. The summed E-state index contributed by atoms with van der Waals surface area (Å²) in [5.41, 5.74) is 0.919. The molecule has 0 radical (unpaired) electrons. The van der Waals surface area contributed by atoms with Gasteiger partial charge in [-0.2, -0.15) is 0 Å². The summed E-state index contributed by atoms with van der Waals surface area (Å²) in [6, 6.07) is 2.02. The van der Waals surface area contributed by atoms with E-state index in [1.54, 1.807) is 0 Å². The van der Waals surface area contributed by atoms with E-state index in [0.29, 0.717) is 0 Å². The molecule has 0 spiro atoms. The lowest BCUT2D eigenvalue weighted by molar-refractivity contribution is -0.135. The van der Waals surface area contributed by atoms with E-state index in [-0.39, 0.29) is 11.9 Å². The van der Waals surface area contributed by atoms with E-state index >= 15 is 0 Å². The number of nitrogens with one attached hydrogen (secondary N) is 1. The molecule has 6 nitrogen and oxygen atoms in total. The number of nitrogens with zero attached hydrogens (tertiary/aromatic N) is 3. The summed E-state index contributed by atoms with van der Waals surface area (Å²) in [6.07, 6.45) is 3.33. The molecule has 1 aromatic heterocycles. The van der Waals surface area contributed by atoms with Crippen LogP contribution in [0.3, 0.4) is 0 Å². The van der Waals surface area contributed by atoms with Crippen molar-refractivity contribution in [2.75, 3.05) is 32.7 Å². The van der Waals surface area contributed by atoms with E-state index in [1.807, 2.05) is 17.9 Å². The van der Waals surface area contributed by atoms with Crippen molar-refractivity contribution in [2.45, 2.75) is 38.8 Å². The predicted octanol–water partition coefficient (Wildman–Crippen LogP) is 0.769. The lowest BCUT2D eigenvalue weighted by atomic mass is 10.0. The van der Waals surface area contributed by atoms with Gasteiger partial charge in [0.05, 0.1) is 18.3 Å². The first-order valence-electron chi connectivity index (χ1n) is 7.89. The number of rotatable bonds is 3. The smallest absolute Gasteiger partial charge is 0.239 e. The average molecular weight is 292 g/mol. The van der Waals surface area contributed by atoms with E-state index in [4.69, 9.17) is 4.52 Å². The Hall–Kier alpha value is -1.40. The van der Waals surface area contributed by atoms with Crippen molar-refractivity contribution in [3.05, 3.63) is 17.5 Å². The van der Waals surface area contributed by atoms with Crippen LogP contribution in [0.2, 0.25) is 0 Å². The summed E-state index contributed by atoms with van der Waals surface area (Å²) in [4.78, 5) is 16.8. The van der Waals surface area contributed by atoms with Crippen LogP contribution in [0.25, 0.3) is 0 Å². The van der Waals surface area contributed by atoms with Gasteiger partial charge in [-0.3, -0.25) is 9.69 Å². The van der Waals surface area contributed by atoms with Gasteiger partial charge in [0.15, 0.2) is 5.76 Å². The number of carbonyl (C=O) groups is 1. The molecule has 3 heterocycles. The third kappa shape index (κ3) is 3.63. The van der Waals surface area contributed by atoms with Gasteiger partial charge in [0, 0.05) is 32.2 Å². The molecule has 21 heavy (non-hydrogen) atoms. The van der Waals surface area contributed by atoms with Crippen LogP contribution in [0.5, 0.6) is 0 Å². The highest BCUT2D eigenvalue weighted by molar-refractivity contribution is 5.82. The number of carbonyl (C=O) groups excluding carboxylic acids is 1. The minimum atomic E-state index is 0.0437. The molecule has 2 aliphatic rings. The molecule has 116 valence electrons. The quantitative estimate of drug-likeness (QED) is 0.891. The summed E-state index contributed by atoms with van der Waals surface area (Å²) in [7, 11) is 0. The van der Waals surface area contributed by atoms with Crippen LogP contribution >= 0.6 is 0 Å². The molecule has 1 atom stereocenters. The number of aryl methyl sites for hydroxylation is 1. The molecule has 0 aliphatic carbocycles. The highest BCUT2D eigenvalue weighted by Gasteiger charge is 2.28. The Morgan fingerprint density at radius 3 is 2.81 bits per heavy atom. The van der Waals surface area contributed by atoms with Gasteiger partial charge in [-0.15, -0.1) is 0 Å². The number of amides is 1. The second-order valence-corrected chi connectivity index (χ2v) is 6.04. The molecule has 0 unspecified atom stereocenters. The van der Waals surface area contributed by atoms with E-state index < -0.39 is 0 Å². The van der Waals surface area contributed by atoms with Gasteiger partial charge in [-0.25, -0.2) is 0 Å². The maximum Gasteiger partial charge on any atom is 0.239 e. The van der Waals surface area contributed by atoms with Gasteiger partial charge in [0.25, 0.3) is 0 Å². The summed E-state index contributed by atoms with van der Waals surface area (Å²) in [5, 5.41) is 7.25. The minimum Gasteiger partial charge on any atom is -0.360 e. The summed E-state index contributed by atoms with van der Waals surface area (Å²) in [6.45, 7) is 7.11. The molecule has 0 aromatic carbocycles. The van der Waals surface area contributed by atoms with Crippen LogP contribution < -0.4 is 5.32 Å². The highest BCUT2D eigenvalue weighted by Crippen LogP contribution is 2.13.